The van der Waals surface area contributed by atoms with Crippen molar-refractivity contribution in [1.29, 1.82) is 0 Å². The van der Waals surface area contributed by atoms with E-state index in [4.69, 9.17) is 0 Å². The maximum Gasteiger partial charge on any atom is 0.235 e. The third-order valence-electron chi connectivity index (χ3n) is 20.6. The number of anilines is 4. The number of rotatable bonds is 4. The first-order valence-corrected chi connectivity index (χ1v) is 36.8. The van der Waals surface area contributed by atoms with E-state index in [9.17, 15) is 44.4 Å². The minimum Gasteiger partial charge on any atom is -0.384 e. The standard InChI is InChI=1S/C14H16N2O2.C14H18N2O.C13H16N2O3S.C13H18N2O2S.C13H16N2O2S/c1-10(17)16-8-6-14(7-9-16)11-4-2-3-5-12(11)15-13(14)18;1-11(17)16-8-6-14(7-9-16)10-15-13-5-3-2-4-12(13)14;1-19(17,18)15-8-6-13(7-9-15)10-4-2-3-5-11(10)14-12(13)16;1-18(16,17)15-8-6-13(7-9-15)10-14-12-5-3-2-4-11(12)13;1-18(16,17)15-7-6-10(9-15)12-8-14-13-5-3-2-4-11(12)13/h2-5H,6-9H2,1H3,(H,15,18);2-5,15H,6-10H2,1H3;2-5H,6-9H2,1H3,(H,14,16);2-5,14H,6-10H2,1H3;2-5,8,10,14H,6-7,9H2,1H3. The van der Waals surface area contributed by atoms with Crippen LogP contribution in [0.25, 0.3) is 10.9 Å². The number of para-hydroxylation sites is 5. The average molecular weight is 1290 g/mol. The second-order valence-corrected chi connectivity index (χ2v) is 31.7. The minimum atomic E-state index is -3.17. The first kappa shape index (κ1) is 64.4. The number of amides is 4. The molecule has 0 aliphatic carbocycles. The normalized spacial score (nSPS) is 21.7. The van der Waals surface area contributed by atoms with Crippen molar-refractivity contribution in [3.63, 3.8) is 0 Å². The summed E-state index contributed by atoms with van der Waals surface area (Å²) in [5, 5.41) is 14.0. The number of H-pyrrole nitrogens is 1. The topological polar surface area (TPSA) is 251 Å². The van der Waals surface area contributed by atoms with Crippen LogP contribution in [0, 0.1) is 0 Å². The van der Waals surface area contributed by atoms with Crippen molar-refractivity contribution in [2.75, 3.05) is 119 Å². The average Bonchev–Trinajstić information content (AvgIpc) is 1.60. The zero-order valence-corrected chi connectivity index (χ0v) is 54.5. The summed E-state index contributed by atoms with van der Waals surface area (Å²) in [4.78, 5) is 54.3. The number of aromatic nitrogens is 1. The lowest BCUT2D eigenvalue weighted by Gasteiger charge is -2.39. The highest BCUT2D eigenvalue weighted by molar-refractivity contribution is 7.88. The van der Waals surface area contributed by atoms with Gasteiger partial charge in [0.2, 0.25) is 53.7 Å². The molecule has 10 heterocycles. The Bertz CT molecular complexity index is 4030. The Hall–Kier alpha value is -7.15. The molecule has 5 fully saturated rings. The van der Waals surface area contributed by atoms with Gasteiger partial charge in [0.15, 0.2) is 0 Å². The number of sulfonamides is 3. The van der Waals surface area contributed by atoms with E-state index < -0.39 is 40.9 Å². The lowest BCUT2D eigenvalue weighted by molar-refractivity contribution is -0.133. The van der Waals surface area contributed by atoms with Gasteiger partial charge in [0.1, 0.15) is 0 Å². The van der Waals surface area contributed by atoms with E-state index in [2.05, 4.69) is 74.8 Å². The number of nitrogens with one attached hydrogen (secondary N) is 5. The summed E-state index contributed by atoms with van der Waals surface area (Å²) >= 11 is 0. The third-order valence-corrected chi connectivity index (χ3v) is 24.5. The SMILES string of the molecule is CC(=O)N1CCC2(CC1)C(=O)Nc1ccccc12.CC(=O)N1CCC2(CC1)CNc1ccccc12.CS(=O)(=O)N1CCC(c2c[nH]c3ccccc23)C1.CS(=O)(=O)N1CCC2(CC1)C(=O)Nc1ccccc12.CS(=O)(=O)N1CCC2(CC1)CNc1ccccc12. The second-order valence-electron chi connectivity index (χ2n) is 25.8. The molecular weight excluding hydrogens is 1200 g/mol. The smallest absolute Gasteiger partial charge is 0.235 e. The molecule has 90 heavy (non-hydrogen) atoms. The van der Waals surface area contributed by atoms with Crippen LogP contribution >= 0.6 is 0 Å². The number of aromatic amines is 1. The molecular formula is C67H84N10O10S3. The van der Waals surface area contributed by atoms with E-state index in [0.29, 0.717) is 71.1 Å². The van der Waals surface area contributed by atoms with Gasteiger partial charge in [-0.05, 0) is 116 Å². The molecule has 9 aliphatic heterocycles. The van der Waals surface area contributed by atoms with Crippen LogP contribution in [0.15, 0.2) is 128 Å². The highest BCUT2D eigenvalue weighted by Gasteiger charge is 2.51. The van der Waals surface area contributed by atoms with Gasteiger partial charge in [-0.2, -0.15) is 0 Å². The predicted octanol–water partition coefficient (Wildman–Crippen LogP) is 7.77. The summed E-state index contributed by atoms with van der Waals surface area (Å²) in [5.74, 6) is 0.695. The highest BCUT2D eigenvalue weighted by Crippen LogP contribution is 2.48. The summed E-state index contributed by atoms with van der Waals surface area (Å²) in [7, 11) is -9.26. The first-order chi connectivity index (χ1) is 42.8. The van der Waals surface area contributed by atoms with E-state index in [1.807, 2.05) is 88.8 Å². The Kier molecular flexibility index (Phi) is 18.2. The van der Waals surface area contributed by atoms with Crippen LogP contribution in [0.1, 0.15) is 105 Å². The van der Waals surface area contributed by atoms with Crippen molar-refractivity contribution in [2.45, 2.75) is 99.2 Å². The van der Waals surface area contributed by atoms with Gasteiger partial charge in [-0.1, -0.05) is 91.0 Å². The van der Waals surface area contributed by atoms with Gasteiger partial charge in [-0.25, -0.2) is 38.2 Å². The Labute approximate surface area is 529 Å². The zero-order chi connectivity index (χ0) is 63.9. The van der Waals surface area contributed by atoms with Crippen molar-refractivity contribution in [2.24, 2.45) is 0 Å². The van der Waals surface area contributed by atoms with Crippen LogP contribution in [0.5, 0.6) is 0 Å². The third kappa shape index (κ3) is 12.9. The van der Waals surface area contributed by atoms with Gasteiger partial charge in [0.25, 0.3) is 0 Å². The highest BCUT2D eigenvalue weighted by atomic mass is 32.2. The summed E-state index contributed by atoms with van der Waals surface area (Å²) in [6.45, 7) is 11.6. The van der Waals surface area contributed by atoms with Gasteiger partial charge >= 0.3 is 0 Å². The van der Waals surface area contributed by atoms with E-state index in [0.717, 1.165) is 99.1 Å². The zero-order valence-electron chi connectivity index (χ0n) is 52.1. The molecule has 5 saturated heterocycles. The molecule has 0 radical (unpaired) electrons. The Morgan fingerprint density at radius 3 is 1.24 bits per heavy atom. The van der Waals surface area contributed by atoms with E-state index >= 15 is 0 Å². The molecule has 9 aliphatic rings. The van der Waals surface area contributed by atoms with Crippen molar-refractivity contribution >= 4 is 87.4 Å². The van der Waals surface area contributed by atoms with Crippen molar-refractivity contribution < 1.29 is 44.4 Å². The van der Waals surface area contributed by atoms with Gasteiger partial charge in [-0.3, -0.25) is 19.2 Å². The summed E-state index contributed by atoms with van der Waals surface area (Å²) in [5.41, 5.74) is 11.0. The number of nitrogens with zero attached hydrogens (tertiary/aromatic N) is 5. The maximum atomic E-state index is 12.3. The monoisotopic (exact) mass is 1280 g/mol. The number of likely N-dealkylation sites (tertiary alicyclic amines) is 2. The number of benzene rings is 5. The van der Waals surface area contributed by atoms with E-state index in [1.54, 1.807) is 22.5 Å². The fraction of sp³-hybridized carbons (Fsp3) is 0.463. The van der Waals surface area contributed by atoms with Crippen LogP contribution in [-0.4, -0.2) is 174 Å². The summed E-state index contributed by atoms with van der Waals surface area (Å²) in [6.07, 6.45) is 13.2. The second kappa shape index (κ2) is 25.5. The fourth-order valence-electron chi connectivity index (χ4n) is 15.2. The number of carbonyl (C=O) groups excluding carboxylic acids is 4. The van der Waals surface area contributed by atoms with Gasteiger partial charge in [-0.15, -0.1) is 0 Å². The van der Waals surface area contributed by atoms with Crippen molar-refractivity contribution in [3.05, 3.63) is 155 Å². The number of hydrogen-bond acceptors (Lipinski definition) is 12. The molecule has 4 spiro atoms. The first-order valence-electron chi connectivity index (χ1n) is 31.3. The summed E-state index contributed by atoms with van der Waals surface area (Å²) in [6, 6.07) is 40.7. The number of fused-ring (bicyclic) bond motifs is 9. The van der Waals surface area contributed by atoms with Crippen LogP contribution < -0.4 is 21.3 Å². The Balaban J connectivity index is 0.000000116. The van der Waals surface area contributed by atoms with Crippen LogP contribution in [0.3, 0.4) is 0 Å². The molecule has 1 unspecified atom stereocenters. The van der Waals surface area contributed by atoms with Crippen LogP contribution in [0.2, 0.25) is 0 Å². The molecule has 23 heteroatoms. The molecule has 1 aromatic heterocycles. The van der Waals surface area contributed by atoms with Gasteiger partial charge in [0.05, 0.1) is 29.6 Å². The molecule has 0 saturated carbocycles. The maximum absolute atomic E-state index is 12.3. The predicted molar refractivity (Wildman–Crippen MR) is 353 cm³/mol. The Morgan fingerprint density at radius 2 is 0.811 bits per heavy atom. The lowest BCUT2D eigenvalue weighted by atomic mass is 9.73. The molecule has 480 valence electrons. The number of carbonyl (C=O) groups is 4. The van der Waals surface area contributed by atoms with Gasteiger partial charge in [0, 0.05) is 149 Å². The van der Waals surface area contributed by atoms with Crippen LogP contribution in [0.4, 0.5) is 22.7 Å². The van der Waals surface area contributed by atoms with Crippen molar-refractivity contribution in [3.8, 4) is 0 Å². The molecule has 5 N–H and O–H groups in total. The van der Waals surface area contributed by atoms with Gasteiger partial charge < -0.3 is 36.1 Å². The quantitative estimate of drug-likeness (QED) is 0.114. The molecule has 20 nitrogen and oxygen atoms in total. The number of piperidine rings is 4. The molecule has 0 bridgehead atoms. The minimum absolute atomic E-state index is 0.00171. The summed E-state index contributed by atoms with van der Waals surface area (Å²) < 4.78 is 73.9. The van der Waals surface area contributed by atoms with Crippen LogP contribution in [-0.2, 0) is 70.9 Å². The van der Waals surface area contributed by atoms with E-state index in [1.165, 1.54) is 56.5 Å². The molecule has 6 aromatic rings. The molecule has 15 rings (SSSR count). The Morgan fingerprint density at radius 1 is 0.444 bits per heavy atom. The fourth-order valence-corrected chi connectivity index (χ4v) is 17.7. The molecule has 4 amide bonds. The lowest BCUT2D eigenvalue weighted by Crippen LogP contribution is -2.47. The largest absolute Gasteiger partial charge is 0.384 e. The molecule has 5 aromatic carbocycles. The molecule has 1 atom stereocenters. The van der Waals surface area contributed by atoms with E-state index in [-0.39, 0.29) is 34.5 Å². The van der Waals surface area contributed by atoms with Crippen molar-refractivity contribution in [1.82, 2.24) is 27.7 Å². The number of hydrogen-bond donors (Lipinski definition) is 5.